The summed E-state index contributed by atoms with van der Waals surface area (Å²) in [4.78, 5) is 25.5. The summed E-state index contributed by atoms with van der Waals surface area (Å²) in [7, 11) is 0. The van der Waals surface area contributed by atoms with Crippen LogP contribution in [-0.4, -0.2) is 35.1 Å². The maximum Gasteiger partial charge on any atom is 0.327 e. The second kappa shape index (κ2) is 7.04. The first-order valence-corrected chi connectivity index (χ1v) is 6.37. The Balaban J connectivity index is 2.17. The highest BCUT2D eigenvalue weighted by molar-refractivity contribution is 5.78. The summed E-state index contributed by atoms with van der Waals surface area (Å²) >= 11 is 0. The fraction of sp³-hybridized carbons (Fsp3) is 0.133. The van der Waals surface area contributed by atoms with Crippen LogP contribution in [0.5, 0.6) is 0 Å². The maximum absolute atomic E-state index is 11.1. The Morgan fingerprint density at radius 2 is 2.00 bits per heavy atom. The Kier molecular flexibility index (Phi) is 4.87. The van der Waals surface area contributed by atoms with E-state index < -0.39 is 12.0 Å². The summed E-state index contributed by atoms with van der Waals surface area (Å²) in [6, 6.07) is 10.6. The highest BCUT2D eigenvalue weighted by atomic mass is 16.4. The Hall–Kier alpha value is -2.89. The molecule has 0 aliphatic rings. The molecule has 6 nitrogen and oxygen atoms in total. The number of amides is 1. The largest absolute Gasteiger partial charge is 0.480 e. The van der Waals surface area contributed by atoms with E-state index in [4.69, 9.17) is 5.11 Å². The average Bonchev–Trinajstić information content (AvgIpc) is 2.52. The summed E-state index contributed by atoms with van der Waals surface area (Å²) in [5.74, 6) is -1.05. The van der Waals surface area contributed by atoms with Gasteiger partial charge in [0.2, 0.25) is 6.41 Å². The highest BCUT2D eigenvalue weighted by Gasteiger charge is 2.16. The van der Waals surface area contributed by atoms with Crippen LogP contribution in [0, 0.1) is 0 Å². The summed E-state index contributed by atoms with van der Waals surface area (Å²) in [5.41, 5.74) is 2.45. The second-order valence-electron chi connectivity index (χ2n) is 4.39. The summed E-state index contributed by atoms with van der Waals surface area (Å²) in [6.45, 7) is -0.00556. The van der Waals surface area contributed by atoms with Gasteiger partial charge in [-0.3, -0.25) is 9.78 Å². The van der Waals surface area contributed by atoms with Crippen molar-refractivity contribution < 1.29 is 14.7 Å². The SMILES string of the molecule is O=CNCC(Nc1cncc(-c2ccccc2)c1)C(=O)O. The molecule has 0 saturated carbocycles. The molecule has 21 heavy (non-hydrogen) atoms. The van der Waals surface area contributed by atoms with Crippen molar-refractivity contribution in [2.45, 2.75) is 6.04 Å². The number of benzene rings is 1. The van der Waals surface area contributed by atoms with Crippen LogP contribution < -0.4 is 10.6 Å². The van der Waals surface area contributed by atoms with E-state index in [0.29, 0.717) is 12.1 Å². The van der Waals surface area contributed by atoms with E-state index in [1.807, 2.05) is 36.4 Å². The van der Waals surface area contributed by atoms with Crippen LogP contribution in [0.25, 0.3) is 11.1 Å². The molecule has 1 amide bonds. The average molecular weight is 285 g/mol. The Morgan fingerprint density at radius 1 is 1.24 bits per heavy atom. The Labute approximate surface area is 121 Å². The number of anilines is 1. The lowest BCUT2D eigenvalue weighted by Gasteiger charge is -2.15. The molecule has 2 aromatic rings. The standard InChI is InChI=1S/C15H15N3O3/c19-10-17-9-14(15(20)21)18-13-6-12(7-16-8-13)11-4-2-1-3-5-11/h1-8,10,14,18H,9H2,(H,17,19)(H,20,21). The first-order valence-electron chi connectivity index (χ1n) is 6.37. The maximum atomic E-state index is 11.1. The third kappa shape index (κ3) is 4.04. The smallest absolute Gasteiger partial charge is 0.327 e. The molecule has 2 rings (SSSR count). The minimum absolute atomic E-state index is 0.00556. The van der Waals surface area contributed by atoms with E-state index in [1.54, 1.807) is 12.4 Å². The van der Waals surface area contributed by atoms with Crippen LogP contribution in [0.15, 0.2) is 48.8 Å². The molecule has 1 aromatic heterocycles. The molecule has 0 saturated heterocycles. The third-order valence-corrected chi connectivity index (χ3v) is 2.89. The van der Waals surface area contributed by atoms with Crippen molar-refractivity contribution in [1.82, 2.24) is 10.3 Å². The fourth-order valence-electron chi connectivity index (χ4n) is 1.87. The number of nitrogens with one attached hydrogen (secondary N) is 2. The van der Waals surface area contributed by atoms with E-state index in [1.165, 1.54) is 0 Å². The lowest BCUT2D eigenvalue weighted by molar-refractivity contribution is -0.137. The van der Waals surface area contributed by atoms with Gasteiger partial charge < -0.3 is 15.7 Å². The fourth-order valence-corrected chi connectivity index (χ4v) is 1.87. The molecule has 0 aliphatic heterocycles. The number of carbonyl (C=O) groups is 2. The van der Waals surface area contributed by atoms with Gasteiger partial charge in [0.05, 0.1) is 5.69 Å². The van der Waals surface area contributed by atoms with E-state index in [9.17, 15) is 9.59 Å². The van der Waals surface area contributed by atoms with Crippen molar-refractivity contribution >= 4 is 18.1 Å². The van der Waals surface area contributed by atoms with Gasteiger partial charge in [-0.1, -0.05) is 30.3 Å². The third-order valence-electron chi connectivity index (χ3n) is 2.89. The number of carboxylic acids is 1. The number of carboxylic acid groups (broad SMARTS) is 1. The number of hydrogen-bond donors (Lipinski definition) is 3. The Bertz CT molecular complexity index is 617. The number of rotatable bonds is 7. The molecule has 0 fully saturated rings. The van der Waals surface area contributed by atoms with Gasteiger partial charge in [0.1, 0.15) is 6.04 Å². The van der Waals surface area contributed by atoms with Gasteiger partial charge >= 0.3 is 5.97 Å². The summed E-state index contributed by atoms with van der Waals surface area (Å²) in [5, 5.41) is 14.3. The van der Waals surface area contributed by atoms with Crippen LogP contribution in [0.4, 0.5) is 5.69 Å². The molecule has 0 bridgehead atoms. The topological polar surface area (TPSA) is 91.3 Å². The van der Waals surface area contributed by atoms with Gasteiger partial charge in [-0.25, -0.2) is 4.79 Å². The predicted octanol–water partition coefficient (Wildman–Crippen LogP) is 1.36. The molecule has 1 aromatic carbocycles. The molecule has 0 radical (unpaired) electrons. The molecule has 0 spiro atoms. The zero-order chi connectivity index (χ0) is 15.1. The van der Waals surface area contributed by atoms with Gasteiger partial charge in [0, 0.05) is 24.5 Å². The lowest BCUT2D eigenvalue weighted by atomic mass is 10.1. The highest BCUT2D eigenvalue weighted by Crippen LogP contribution is 2.21. The lowest BCUT2D eigenvalue weighted by Crippen LogP contribution is -2.38. The zero-order valence-corrected chi connectivity index (χ0v) is 11.2. The molecule has 1 heterocycles. The molecule has 1 atom stereocenters. The van der Waals surface area contributed by atoms with Crippen molar-refractivity contribution in [2.24, 2.45) is 0 Å². The Morgan fingerprint density at radius 3 is 2.67 bits per heavy atom. The molecule has 108 valence electrons. The molecule has 6 heteroatoms. The van der Waals surface area contributed by atoms with E-state index in [2.05, 4.69) is 15.6 Å². The van der Waals surface area contributed by atoms with Crippen molar-refractivity contribution in [3.05, 3.63) is 48.8 Å². The van der Waals surface area contributed by atoms with Crippen LogP contribution in [0.1, 0.15) is 0 Å². The van der Waals surface area contributed by atoms with Gasteiger partial charge in [0.15, 0.2) is 0 Å². The van der Waals surface area contributed by atoms with Crippen molar-refractivity contribution in [3.63, 3.8) is 0 Å². The number of hydrogen-bond acceptors (Lipinski definition) is 4. The minimum atomic E-state index is -1.05. The summed E-state index contributed by atoms with van der Waals surface area (Å²) < 4.78 is 0. The van der Waals surface area contributed by atoms with Crippen molar-refractivity contribution in [2.75, 3.05) is 11.9 Å². The first kappa shape index (κ1) is 14.5. The molecular weight excluding hydrogens is 270 g/mol. The number of nitrogens with zero attached hydrogens (tertiary/aromatic N) is 1. The second-order valence-corrected chi connectivity index (χ2v) is 4.39. The molecule has 0 aliphatic carbocycles. The van der Waals surface area contributed by atoms with E-state index in [-0.39, 0.29) is 6.54 Å². The number of pyridine rings is 1. The molecule has 1 unspecified atom stereocenters. The predicted molar refractivity (Wildman–Crippen MR) is 78.8 cm³/mol. The monoisotopic (exact) mass is 285 g/mol. The van der Waals surface area contributed by atoms with Gasteiger partial charge in [0.25, 0.3) is 0 Å². The number of carbonyl (C=O) groups excluding carboxylic acids is 1. The minimum Gasteiger partial charge on any atom is -0.480 e. The number of aliphatic carboxylic acids is 1. The van der Waals surface area contributed by atoms with Crippen LogP contribution in [0.2, 0.25) is 0 Å². The van der Waals surface area contributed by atoms with Crippen molar-refractivity contribution in [1.29, 1.82) is 0 Å². The van der Waals surface area contributed by atoms with Gasteiger partial charge in [-0.2, -0.15) is 0 Å². The first-order chi connectivity index (χ1) is 10.2. The van der Waals surface area contributed by atoms with Crippen molar-refractivity contribution in [3.8, 4) is 11.1 Å². The van der Waals surface area contributed by atoms with Crippen LogP contribution >= 0.6 is 0 Å². The molecule has 3 N–H and O–H groups in total. The van der Waals surface area contributed by atoms with E-state index >= 15 is 0 Å². The zero-order valence-electron chi connectivity index (χ0n) is 11.2. The van der Waals surface area contributed by atoms with Crippen LogP contribution in [-0.2, 0) is 9.59 Å². The van der Waals surface area contributed by atoms with Gasteiger partial charge in [-0.15, -0.1) is 0 Å². The quantitative estimate of drug-likeness (QED) is 0.668. The van der Waals surface area contributed by atoms with E-state index in [0.717, 1.165) is 11.1 Å². The van der Waals surface area contributed by atoms with Crippen LogP contribution in [0.3, 0.4) is 0 Å². The molecular formula is C15H15N3O3. The number of aromatic nitrogens is 1. The normalized spacial score (nSPS) is 11.4. The van der Waals surface area contributed by atoms with Gasteiger partial charge in [-0.05, 0) is 11.6 Å². The summed E-state index contributed by atoms with van der Waals surface area (Å²) in [6.07, 6.45) is 3.72.